The van der Waals surface area contributed by atoms with Crippen LogP contribution in [0, 0.1) is 0 Å². The largest absolute Gasteiger partial charge is 0.468 e. The lowest BCUT2D eigenvalue weighted by Gasteiger charge is -2.36. The number of rotatable bonds is 3. The molecule has 0 aliphatic heterocycles. The Labute approximate surface area is 121 Å². The van der Waals surface area contributed by atoms with Crippen molar-refractivity contribution < 1.29 is 9.53 Å². The lowest BCUT2D eigenvalue weighted by molar-refractivity contribution is -0.149. The molecule has 1 aromatic rings. The number of methoxy groups -OCH3 is 1. The topological polar surface area (TPSA) is 38.3 Å². The van der Waals surface area contributed by atoms with Crippen molar-refractivity contribution in [2.75, 3.05) is 7.11 Å². The van der Waals surface area contributed by atoms with Crippen LogP contribution in [0.3, 0.4) is 0 Å². The maximum atomic E-state index is 12.2. The number of esters is 1. The molecule has 0 spiro atoms. The van der Waals surface area contributed by atoms with E-state index in [4.69, 9.17) is 4.74 Å². The van der Waals surface area contributed by atoms with Crippen LogP contribution in [0.2, 0.25) is 0 Å². The van der Waals surface area contributed by atoms with Crippen LogP contribution in [-0.4, -0.2) is 24.7 Å². The molecule has 2 aliphatic carbocycles. The predicted octanol–water partition coefficient (Wildman–Crippen LogP) is 2.60. The number of halogens is 1. The zero-order valence-electron chi connectivity index (χ0n) is 11.0. The molecular weight excluding hydrogens is 306 g/mol. The molecule has 0 amide bonds. The second-order valence-corrected chi connectivity index (χ2v) is 6.50. The van der Waals surface area contributed by atoms with Gasteiger partial charge in [-0.05, 0) is 48.9 Å². The van der Waals surface area contributed by atoms with Crippen molar-refractivity contribution in [3.63, 3.8) is 0 Å². The minimum atomic E-state index is -0.517. The highest BCUT2D eigenvalue weighted by Crippen LogP contribution is 2.34. The first-order valence-corrected chi connectivity index (χ1v) is 7.56. The Hall–Kier alpha value is -0.870. The number of carbonyl (C=O) groups excluding carboxylic acids is 1. The molecule has 4 heteroatoms. The Morgan fingerprint density at radius 3 is 2.89 bits per heavy atom. The first-order valence-electron chi connectivity index (χ1n) is 6.76. The van der Waals surface area contributed by atoms with Gasteiger partial charge in [0, 0.05) is 16.9 Å². The van der Waals surface area contributed by atoms with Crippen LogP contribution in [-0.2, 0) is 22.4 Å². The fourth-order valence-electron chi connectivity index (χ4n) is 2.93. The van der Waals surface area contributed by atoms with Gasteiger partial charge in [0.25, 0.3) is 0 Å². The lowest BCUT2D eigenvalue weighted by Crippen LogP contribution is -2.57. The van der Waals surface area contributed by atoms with E-state index in [9.17, 15) is 4.79 Å². The summed E-state index contributed by atoms with van der Waals surface area (Å²) in [7, 11) is 1.48. The maximum Gasteiger partial charge on any atom is 0.326 e. The van der Waals surface area contributed by atoms with Gasteiger partial charge in [0.2, 0.25) is 0 Å². The van der Waals surface area contributed by atoms with Crippen LogP contribution in [0.25, 0.3) is 0 Å². The summed E-state index contributed by atoms with van der Waals surface area (Å²) in [5, 5.41) is 3.53. The zero-order valence-corrected chi connectivity index (χ0v) is 12.6. The van der Waals surface area contributed by atoms with Crippen LogP contribution >= 0.6 is 15.9 Å². The van der Waals surface area contributed by atoms with Gasteiger partial charge in [0.05, 0.1) is 7.11 Å². The Morgan fingerprint density at radius 1 is 1.42 bits per heavy atom. The molecular formula is C15H18BrNO2. The van der Waals surface area contributed by atoms with Crippen molar-refractivity contribution in [1.29, 1.82) is 0 Å². The summed E-state index contributed by atoms with van der Waals surface area (Å²) in [6.07, 6.45) is 4.82. The molecule has 2 aliphatic rings. The molecule has 3 nitrogen and oxygen atoms in total. The molecule has 3 rings (SSSR count). The third-order valence-electron chi connectivity index (χ3n) is 4.12. The number of hydrogen-bond donors (Lipinski definition) is 1. The zero-order chi connectivity index (χ0) is 13.5. The first-order chi connectivity index (χ1) is 9.13. The highest BCUT2D eigenvalue weighted by Gasteiger charge is 2.45. The summed E-state index contributed by atoms with van der Waals surface area (Å²) in [4.78, 5) is 12.2. The molecule has 1 N–H and O–H groups in total. The molecule has 1 fully saturated rings. The van der Waals surface area contributed by atoms with Gasteiger partial charge in [-0.2, -0.15) is 0 Å². The molecule has 1 atom stereocenters. The van der Waals surface area contributed by atoms with Gasteiger partial charge in [-0.1, -0.05) is 22.0 Å². The van der Waals surface area contributed by atoms with E-state index in [-0.39, 0.29) is 5.97 Å². The molecule has 1 unspecified atom stereocenters. The van der Waals surface area contributed by atoms with Crippen molar-refractivity contribution >= 4 is 21.9 Å². The van der Waals surface area contributed by atoms with Gasteiger partial charge in [0.15, 0.2) is 0 Å². The lowest BCUT2D eigenvalue weighted by atomic mass is 9.77. The summed E-state index contributed by atoms with van der Waals surface area (Å²) < 4.78 is 6.15. The molecule has 0 saturated heterocycles. The van der Waals surface area contributed by atoms with E-state index < -0.39 is 5.54 Å². The van der Waals surface area contributed by atoms with Gasteiger partial charge in [-0.15, -0.1) is 0 Å². The molecule has 19 heavy (non-hydrogen) atoms. The fraction of sp³-hybridized carbons (Fsp3) is 0.533. The van der Waals surface area contributed by atoms with Crippen LogP contribution < -0.4 is 5.32 Å². The number of nitrogens with one attached hydrogen (secondary N) is 1. The Bertz CT molecular complexity index is 513. The normalized spacial score (nSPS) is 25.8. The second kappa shape index (κ2) is 4.91. The standard InChI is InChI=1S/C15H18BrNO2/c1-19-14(18)15(17-13-4-5-13)7-6-10-8-12(16)3-2-11(10)9-15/h2-3,8,13,17H,4-7,9H2,1H3. The minimum Gasteiger partial charge on any atom is -0.468 e. The van der Waals surface area contributed by atoms with Gasteiger partial charge in [0.1, 0.15) is 5.54 Å². The van der Waals surface area contributed by atoms with E-state index >= 15 is 0 Å². The SMILES string of the molecule is COC(=O)C1(NC2CC2)CCc2cc(Br)ccc2C1. The van der Waals surface area contributed by atoms with E-state index in [2.05, 4.69) is 33.4 Å². The van der Waals surface area contributed by atoms with E-state index in [1.165, 1.54) is 31.1 Å². The number of aryl methyl sites for hydroxylation is 1. The van der Waals surface area contributed by atoms with Crippen LogP contribution in [0.15, 0.2) is 22.7 Å². The summed E-state index contributed by atoms with van der Waals surface area (Å²) in [6, 6.07) is 6.82. The summed E-state index contributed by atoms with van der Waals surface area (Å²) >= 11 is 3.50. The Balaban J connectivity index is 1.90. The molecule has 0 heterocycles. The average molecular weight is 324 g/mol. The van der Waals surface area contributed by atoms with Gasteiger partial charge in [-0.25, -0.2) is 0 Å². The van der Waals surface area contributed by atoms with E-state index in [0.717, 1.165) is 23.7 Å². The summed E-state index contributed by atoms with van der Waals surface area (Å²) in [5.41, 5.74) is 2.08. The molecule has 0 bridgehead atoms. The van der Waals surface area contributed by atoms with Crippen LogP contribution in [0.1, 0.15) is 30.4 Å². The van der Waals surface area contributed by atoms with Gasteiger partial charge in [-0.3, -0.25) is 10.1 Å². The number of carbonyl (C=O) groups is 1. The highest BCUT2D eigenvalue weighted by atomic mass is 79.9. The van der Waals surface area contributed by atoms with Crippen molar-refractivity contribution in [2.45, 2.75) is 43.7 Å². The Morgan fingerprint density at radius 2 is 2.21 bits per heavy atom. The summed E-state index contributed by atoms with van der Waals surface area (Å²) in [6.45, 7) is 0. The predicted molar refractivity (Wildman–Crippen MR) is 77.1 cm³/mol. The minimum absolute atomic E-state index is 0.118. The van der Waals surface area contributed by atoms with E-state index in [0.29, 0.717) is 6.04 Å². The number of hydrogen-bond acceptors (Lipinski definition) is 3. The molecule has 0 radical (unpaired) electrons. The fourth-order valence-corrected chi connectivity index (χ4v) is 3.34. The quantitative estimate of drug-likeness (QED) is 0.869. The third-order valence-corrected chi connectivity index (χ3v) is 4.61. The van der Waals surface area contributed by atoms with Crippen molar-refractivity contribution in [3.8, 4) is 0 Å². The smallest absolute Gasteiger partial charge is 0.326 e. The highest BCUT2D eigenvalue weighted by molar-refractivity contribution is 9.10. The second-order valence-electron chi connectivity index (χ2n) is 5.58. The van der Waals surface area contributed by atoms with Crippen molar-refractivity contribution in [3.05, 3.63) is 33.8 Å². The monoisotopic (exact) mass is 323 g/mol. The molecule has 1 aromatic carbocycles. The first kappa shape index (κ1) is 13.1. The van der Waals surface area contributed by atoms with Crippen molar-refractivity contribution in [1.82, 2.24) is 5.32 Å². The Kier molecular flexibility index (Phi) is 3.39. The summed E-state index contributed by atoms with van der Waals surface area (Å²) in [5.74, 6) is -0.118. The number of fused-ring (bicyclic) bond motifs is 1. The third kappa shape index (κ3) is 2.56. The molecule has 0 aromatic heterocycles. The number of ether oxygens (including phenoxy) is 1. The van der Waals surface area contributed by atoms with E-state index in [1.54, 1.807) is 0 Å². The number of benzene rings is 1. The maximum absolute atomic E-state index is 12.2. The van der Waals surface area contributed by atoms with Gasteiger partial charge < -0.3 is 4.74 Å². The molecule has 102 valence electrons. The van der Waals surface area contributed by atoms with Crippen LogP contribution in [0.5, 0.6) is 0 Å². The van der Waals surface area contributed by atoms with Crippen molar-refractivity contribution in [2.24, 2.45) is 0 Å². The van der Waals surface area contributed by atoms with Gasteiger partial charge >= 0.3 is 5.97 Å². The van der Waals surface area contributed by atoms with Crippen LogP contribution in [0.4, 0.5) is 0 Å². The molecule has 1 saturated carbocycles. The van der Waals surface area contributed by atoms with E-state index in [1.807, 2.05) is 6.07 Å². The average Bonchev–Trinajstić information content (AvgIpc) is 3.22.